The third kappa shape index (κ3) is 3.62. The van der Waals surface area contributed by atoms with Crippen LogP contribution in [0, 0.1) is 10.1 Å². The van der Waals surface area contributed by atoms with Gasteiger partial charge in [0, 0.05) is 12.1 Å². The summed E-state index contributed by atoms with van der Waals surface area (Å²) in [5.41, 5.74) is 6.50. The molecule has 0 saturated carbocycles. The SMILES string of the molecule is CCOC(=O)C1=C(N)NC(SC)=NC1c1cccc([N+](=O)[O-])c1. The third-order valence-corrected chi connectivity index (χ3v) is 3.73. The van der Waals surface area contributed by atoms with Crippen molar-refractivity contribution >= 4 is 28.6 Å². The fraction of sp³-hybridized carbons (Fsp3) is 0.286. The van der Waals surface area contributed by atoms with Gasteiger partial charge in [-0.1, -0.05) is 23.9 Å². The summed E-state index contributed by atoms with van der Waals surface area (Å²) in [4.78, 5) is 27.1. The van der Waals surface area contributed by atoms with Gasteiger partial charge in [-0.15, -0.1) is 0 Å². The maximum Gasteiger partial charge on any atom is 0.340 e. The maximum atomic E-state index is 12.2. The van der Waals surface area contributed by atoms with Crippen molar-refractivity contribution in [2.45, 2.75) is 13.0 Å². The number of esters is 1. The van der Waals surface area contributed by atoms with Crippen LogP contribution in [0.1, 0.15) is 18.5 Å². The largest absolute Gasteiger partial charge is 0.462 e. The quantitative estimate of drug-likeness (QED) is 0.487. The van der Waals surface area contributed by atoms with Crippen LogP contribution in [-0.4, -0.2) is 28.9 Å². The van der Waals surface area contributed by atoms with Gasteiger partial charge in [0.15, 0.2) is 5.17 Å². The summed E-state index contributed by atoms with van der Waals surface area (Å²) >= 11 is 1.32. The highest BCUT2D eigenvalue weighted by Crippen LogP contribution is 2.33. The molecule has 0 amide bonds. The average Bonchev–Trinajstić information content (AvgIpc) is 2.54. The summed E-state index contributed by atoms with van der Waals surface area (Å²) in [7, 11) is 0. The standard InChI is InChI=1S/C14H16N4O4S/c1-3-22-13(19)10-11(16-14(23-2)17-12(10)15)8-5-4-6-9(7-8)18(20)21/h4-7,11H,3,15H2,1-2H3,(H,16,17). The van der Waals surface area contributed by atoms with Crippen LogP contribution >= 0.6 is 11.8 Å². The molecule has 1 atom stereocenters. The molecular formula is C14H16N4O4S. The van der Waals surface area contributed by atoms with Crippen molar-refractivity contribution in [3.05, 3.63) is 51.3 Å². The summed E-state index contributed by atoms with van der Waals surface area (Å²) < 4.78 is 5.02. The fourth-order valence-electron chi connectivity index (χ4n) is 2.13. The van der Waals surface area contributed by atoms with Crippen LogP contribution < -0.4 is 11.1 Å². The van der Waals surface area contributed by atoms with Crippen molar-refractivity contribution < 1.29 is 14.5 Å². The Labute approximate surface area is 136 Å². The number of aliphatic imine (C=N–C) groups is 1. The van der Waals surface area contributed by atoms with E-state index in [1.165, 1.54) is 23.9 Å². The van der Waals surface area contributed by atoms with Gasteiger partial charge in [-0.05, 0) is 18.7 Å². The van der Waals surface area contributed by atoms with Gasteiger partial charge in [0.25, 0.3) is 5.69 Å². The molecule has 1 aliphatic rings. The molecule has 0 aliphatic carbocycles. The zero-order valence-electron chi connectivity index (χ0n) is 12.6. The van der Waals surface area contributed by atoms with Gasteiger partial charge in [0.05, 0.1) is 11.5 Å². The van der Waals surface area contributed by atoms with Gasteiger partial charge < -0.3 is 15.8 Å². The number of nitrogens with one attached hydrogen (secondary N) is 1. The van der Waals surface area contributed by atoms with Crippen LogP contribution in [0.5, 0.6) is 0 Å². The highest BCUT2D eigenvalue weighted by atomic mass is 32.2. The first-order chi connectivity index (χ1) is 11.0. The number of benzene rings is 1. The molecule has 1 aromatic rings. The molecule has 1 heterocycles. The van der Waals surface area contributed by atoms with E-state index in [0.717, 1.165) is 0 Å². The van der Waals surface area contributed by atoms with Crippen LogP contribution in [0.4, 0.5) is 5.69 Å². The Kier molecular flexibility index (Phi) is 5.22. The number of amidine groups is 1. The lowest BCUT2D eigenvalue weighted by molar-refractivity contribution is -0.384. The second-order valence-electron chi connectivity index (χ2n) is 4.57. The number of ether oxygens (including phenoxy) is 1. The highest BCUT2D eigenvalue weighted by Gasteiger charge is 2.31. The van der Waals surface area contributed by atoms with Gasteiger partial charge in [-0.3, -0.25) is 10.1 Å². The molecule has 122 valence electrons. The molecule has 9 heteroatoms. The van der Waals surface area contributed by atoms with Crippen molar-refractivity contribution in [1.29, 1.82) is 0 Å². The van der Waals surface area contributed by atoms with Gasteiger partial charge >= 0.3 is 5.97 Å². The van der Waals surface area contributed by atoms with Crippen LogP contribution in [0.3, 0.4) is 0 Å². The molecule has 0 bridgehead atoms. The maximum absolute atomic E-state index is 12.2. The van der Waals surface area contributed by atoms with E-state index in [1.54, 1.807) is 25.3 Å². The minimum Gasteiger partial charge on any atom is -0.462 e. The van der Waals surface area contributed by atoms with E-state index in [4.69, 9.17) is 10.5 Å². The number of nitrogens with zero attached hydrogens (tertiary/aromatic N) is 2. The van der Waals surface area contributed by atoms with E-state index < -0.39 is 16.9 Å². The van der Waals surface area contributed by atoms with Gasteiger partial charge in [-0.2, -0.15) is 0 Å². The lowest BCUT2D eigenvalue weighted by Crippen LogP contribution is -2.35. The Morgan fingerprint density at radius 3 is 2.91 bits per heavy atom. The number of carbonyl (C=O) groups is 1. The first kappa shape index (κ1) is 16.8. The predicted octanol–water partition coefficient (Wildman–Crippen LogP) is 1.69. The van der Waals surface area contributed by atoms with E-state index >= 15 is 0 Å². The van der Waals surface area contributed by atoms with Crippen molar-refractivity contribution in [1.82, 2.24) is 5.32 Å². The lowest BCUT2D eigenvalue weighted by Gasteiger charge is -2.24. The Morgan fingerprint density at radius 1 is 1.57 bits per heavy atom. The molecule has 0 fully saturated rings. The number of nitro groups is 1. The van der Waals surface area contributed by atoms with E-state index in [-0.39, 0.29) is 23.7 Å². The molecule has 0 aromatic heterocycles. The predicted molar refractivity (Wildman–Crippen MR) is 87.8 cm³/mol. The Balaban J connectivity index is 2.51. The van der Waals surface area contributed by atoms with E-state index in [2.05, 4.69) is 10.3 Å². The molecule has 0 saturated heterocycles. The smallest absolute Gasteiger partial charge is 0.340 e. The van der Waals surface area contributed by atoms with Gasteiger partial charge in [0.1, 0.15) is 17.4 Å². The highest BCUT2D eigenvalue weighted by molar-refractivity contribution is 8.13. The van der Waals surface area contributed by atoms with E-state index in [1.807, 2.05) is 0 Å². The molecule has 3 N–H and O–H groups in total. The van der Waals surface area contributed by atoms with Gasteiger partial charge in [-0.25, -0.2) is 9.79 Å². The summed E-state index contributed by atoms with van der Waals surface area (Å²) in [6.07, 6.45) is 1.80. The van der Waals surface area contributed by atoms with E-state index in [9.17, 15) is 14.9 Å². The Morgan fingerprint density at radius 2 is 2.30 bits per heavy atom. The molecule has 23 heavy (non-hydrogen) atoms. The van der Waals surface area contributed by atoms with Crippen molar-refractivity contribution in [2.24, 2.45) is 10.7 Å². The van der Waals surface area contributed by atoms with Crippen LogP contribution in [-0.2, 0) is 9.53 Å². The third-order valence-electron chi connectivity index (χ3n) is 3.14. The topological polar surface area (TPSA) is 120 Å². The number of hydrogen-bond donors (Lipinski definition) is 2. The van der Waals surface area contributed by atoms with Crippen molar-refractivity contribution in [3.63, 3.8) is 0 Å². The summed E-state index contributed by atoms with van der Waals surface area (Å²) in [5.74, 6) is -0.461. The summed E-state index contributed by atoms with van der Waals surface area (Å²) in [6.45, 7) is 1.88. The summed E-state index contributed by atoms with van der Waals surface area (Å²) in [6, 6.07) is 5.21. The molecular weight excluding hydrogens is 320 g/mol. The first-order valence-corrected chi connectivity index (χ1v) is 8.00. The number of thioether (sulfide) groups is 1. The van der Waals surface area contributed by atoms with Crippen molar-refractivity contribution in [2.75, 3.05) is 12.9 Å². The monoisotopic (exact) mass is 336 g/mol. The zero-order chi connectivity index (χ0) is 17.0. The first-order valence-electron chi connectivity index (χ1n) is 6.77. The Hall–Kier alpha value is -2.55. The van der Waals surface area contributed by atoms with Crippen LogP contribution in [0.2, 0.25) is 0 Å². The number of carbonyl (C=O) groups excluding carboxylic acids is 1. The minimum atomic E-state index is -0.752. The van der Waals surface area contributed by atoms with Gasteiger partial charge in [0.2, 0.25) is 0 Å². The number of nitro benzene ring substituents is 1. The Bertz CT molecular complexity index is 702. The molecule has 8 nitrogen and oxygen atoms in total. The minimum absolute atomic E-state index is 0.0799. The zero-order valence-corrected chi connectivity index (χ0v) is 13.4. The molecule has 0 spiro atoms. The molecule has 1 aliphatic heterocycles. The number of non-ortho nitro benzene ring substituents is 1. The normalized spacial score (nSPS) is 17.3. The van der Waals surface area contributed by atoms with E-state index in [0.29, 0.717) is 10.7 Å². The second kappa shape index (κ2) is 7.14. The lowest BCUT2D eigenvalue weighted by atomic mass is 9.97. The average molecular weight is 336 g/mol. The number of hydrogen-bond acceptors (Lipinski definition) is 8. The number of nitrogens with two attached hydrogens (primary N) is 1. The molecule has 2 rings (SSSR count). The fourth-order valence-corrected chi connectivity index (χ4v) is 2.55. The second-order valence-corrected chi connectivity index (χ2v) is 5.36. The summed E-state index contributed by atoms with van der Waals surface area (Å²) in [5, 5.41) is 14.3. The van der Waals surface area contributed by atoms with Crippen molar-refractivity contribution in [3.8, 4) is 0 Å². The van der Waals surface area contributed by atoms with Crippen LogP contribution in [0.25, 0.3) is 0 Å². The number of rotatable bonds is 4. The van der Waals surface area contributed by atoms with Crippen LogP contribution in [0.15, 0.2) is 40.7 Å². The molecule has 1 aromatic carbocycles. The molecule has 0 radical (unpaired) electrons. The molecule has 1 unspecified atom stereocenters.